The van der Waals surface area contributed by atoms with Gasteiger partial charge in [-0.1, -0.05) is 0 Å². The largest absolute Gasteiger partial charge is 0.501 e. The van der Waals surface area contributed by atoms with Crippen LogP contribution in [0.2, 0.25) is 0 Å². The quantitative estimate of drug-likeness (QED) is 0.437. The van der Waals surface area contributed by atoms with Gasteiger partial charge in [0.2, 0.25) is 0 Å². The predicted molar refractivity (Wildman–Crippen MR) is 19.4 cm³/mol. The second-order valence-electron chi connectivity index (χ2n) is 0.573. The Morgan fingerprint density at radius 2 is 2.60 bits per heavy atom. The zero-order chi connectivity index (χ0) is 4.12. The van der Waals surface area contributed by atoms with E-state index in [1.807, 2.05) is 6.92 Å². The average molecular weight is 70.1 g/mol. The summed E-state index contributed by atoms with van der Waals surface area (Å²) in [6.07, 6.45) is 0.931. The van der Waals surface area contributed by atoms with Crippen molar-refractivity contribution in [1.29, 1.82) is 0 Å². The molecule has 0 rings (SSSR count). The van der Waals surface area contributed by atoms with Crippen LogP contribution in [0, 0.1) is 6.58 Å². The molecular formula is C4H6O. The molecule has 5 heavy (non-hydrogen) atoms. The van der Waals surface area contributed by atoms with Crippen LogP contribution in [0.25, 0.3) is 0 Å². The predicted octanol–water partition coefficient (Wildman–Crippen LogP) is 0.847. The lowest BCUT2D eigenvalue weighted by atomic mass is 10.9. The molecule has 2 radical (unpaired) electrons. The van der Waals surface area contributed by atoms with E-state index in [0.29, 0.717) is 6.61 Å². The van der Waals surface area contributed by atoms with Crippen molar-refractivity contribution >= 4 is 0 Å². The zero-order valence-corrected chi connectivity index (χ0v) is 3.19. The maximum atomic E-state index is 6.26. The third-order valence-electron chi connectivity index (χ3n) is 0.250. The van der Waals surface area contributed by atoms with Crippen LogP contribution in [0.3, 0.4) is 0 Å². The zero-order valence-electron chi connectivity index (χ0n) is 3.19. The van der Waals surface area contributed by atoms with Gasteiger partial charge >= 0.3 is 0 Å². The molecule has 0 aromatic heterocycles. The third-order valence-corrected chi connectivity index (χ3v) is 0.250. The fourth-order valence-electron chi connectivity index (χ4n) is 0.0833. The molecule has 0 heterocycles. The Labute approximate surface area is 32.3 Å². The van der Waals surface area contributed by atoms with Gasteiger partial charge in [0.1, 0.15) is 0 Å². The van der Waals surface area contributed by atoms with Gasteiger partial charge in [-0.25, -0.2) is 0 Å². The van der Waals surface area contributed by atoms with E-state index >= 15 is 0 Å². The van der Waals surface area contributed by atoms with E-state index in [0.717, 1.165) is 6.26 Å². The highest BCUT2D eigenvalue weighted by Gasteiger charge is 1.56. The highest BCUT2D eigenvalue weighted by Crippen LogP contribution is 1.64. The van der Waals surface area contributed by atoms with Gasteiger partial charge in [0.05, 0.1) is 12.9 Å². The minimum atomic E-state index is 0.601. The molecule has 0 aliphatic rings. The molecule has 0 bridgehead atoms. The Bertz CT molecular complexity index is 24.8. The van der Waals surface area contributed by atoms with Gasteiger partial charge in [0.15, 0.2) is 0 Å². The summed E-state index contributed by atoms with van der Waals surface area (Å²) in [7, 11) is 0. The molecule has 0 N–H and O–H groups in total. The van der Waals surface area contributed by atoms with Gasteiger partial charge in [-0.05, 0) is 6.92 Å². The Kier molecular flexibility index (Phi) is 3.21. The molecule has 0 atom stereocenters. The first kappa shape index (κ1) is 4.54. The van der Waals surface area contributed by atoms with Gasteiger partial charge in [-0.2, -0.15) is 0 Å². The third kappa shape index (κ3) is 3.54. The molecule has 0 aromatic rings. The maximum Gasteiger partial charge on any atom is 0.0915 e. The minimum Gasteiger partial charge on any atom is -0.501 e. The highest BCUT2D eigenvalue weighted by molar-refractivity contribution is 4.38. The SMILES string of the molecule is [C]=COCC. The van der Waals surface area contributed by atoms with Crippen LogP contribution in [0.4, 0.5) is 0 Å². The van der Waals surface area contributed by atoms with E-state index in [4.69, 9.17) is 6.58 Å². The van der Waals surface area contributed by atoms with Crippen molar-refractivity contribution in [3.63, 3.8) is 0 Å². The molecule has 0 fully saturated rings. The molecule has 28 valence electrons. The van der Waals surface area contributed by atoms with Crippen LogP contribution >= 0.6 is 0 Å². The Morgan fingerprint density at radius 1 is 2.00 bits per heavy atom. The molecule has 0 aliphatic heterocycles. The molecule has 0 saturated heterocycles. The summed E-state index contributed by atoms with van der Waals surface area (Å²) in [5.41, 5.74) is 0. The summed E-state index contributed by atoms with van der Waals surface area (Å²) in [5, 5.41) is 0. The second kappa shape index (κ2) is 3.54. The lowest BCUT2D eigenvalue weighted by Crippen LogP contribution is -1.72. The molecule has 0 aromatic carbocycles. The van der Waals surface area contributed by atoms with Crippen molar-refractivity contribution in [3.8, 4) is 0 Å². The molecule has 1 nitrogen and oxygen atoms in total. The van der Waals surface area contributed by atoms with Crippen LogP contribution in [0.5, 0.6) is 0 Å². The van der Waals surface area contributed by atoms with E-state index in [-0.39, 0.29) is 0 Å². The van der Waals surface area contributed by atoms with Crippen molar-refractivity contribution in [1.82, 2.24) is 0 Å². The first-order valence-corrected chi connectivity index (χ1v) is 1.52. The Morgan fingerprint density at radius 3 is 2.60 bits per heavy atom. The summed E-state index contributed by atoms with van der Waals surface area (Å²) >= 11 is 0. The molecule has 0 unspecified atom stereocenters. The molecule has 0 amide bonds. The fraction of sp³-hybridized carbons (Fsp3) is 0.500. The molecule has 0 spiro atoms. The Hall–Kier alpha value is -0.460. The summed E-state index contributed by atoms with van der Waals surface area (Å²) in [4.78, 5) is 0. The molecule has 1 heteroatoms. The van der Waals surface area contributed by atoms with Crippen LogP contribution in [0.1, 0.15) is 6.92 Å². The first-order valence-electron chi connectivity index (χ1n) is 1.52. The van der Waals surface area contributed by atoms with Gasteiger partial charge in [-0.3, -0.25) is 0 Å². The summed E-state index contributed by atoms with van der Waals surface area (Å²) in [5.74, 6) is 0. The first-order chi connectivity index (χ1) is 2.41. The summed E-state index contributed by atoms with van der Waals surface area (Å²) in [6, 6.07) is 0. The van der Waals surface area contributed by atoms with Crippen molar-refractivity contribution in [2.24, 2.45) is 0 Å². The number of hydrogen-bond donors (Lipinski definition) is 0. The smallest absolute Gasteiger partial charge is 0.0915 e. The topological polar surface area (TPSA) is 9.23 Å². The van der Waals surface area contributed by atoms with Crippen LogP contribution < -0.4 is 0 Å². The van der Waals surface area contributed by atoms with Gasteiger partial charge < -0.3 is 4.74 Å². The normalized spacial score (nSPS) is 6.60. The van der Waals surface area contributed by atoms with Crippen molar-refractivity contribution in [2.75, 3.05) is 6.61 Å². The van der Waals surface area contributed by atoms with Gasteiger partial charge in [0, 0.05) is 6.58 Å². The number of hydrogen-bond acceptors (Lipinski definition) is 1. The van der Waals surface area contributed by atoms with E-state index in [9.17, 15) is 0 Å². The summed E-state index contributed by atoms with van der Waals surface area (Å²) in [6.45, 7) is 8.69. The highest BCUT2D eigenvalue weighted by atomic mass is 16.5. The summed E-state index contributed by atoms with van der Waals surface area (Å²) < 4.78 is 4.38. The van der Waals surface area contributed by atoms with Crippen LogP contribution in [-0.4, -0.2) is 6.61 Å². The van der Waals surface area contributed by atoms with E-state index in [1.165, 1.54) is 0 Å². The minimum absolute atomic E-state index is 0.601. The second-order valence-corrected chi connectivity index (χ2v) is 0.573. The molecular weight excluding hydrogens is 64.0 g/mol. The number of rotatable bonds is 2. The van der Waals surface area contributed by atoms with Crippen molar-refractivity contribution < 1.29 is 4.74 Å². The van der Waals surface area contributed by atoms with E-state index in [1.54, 1.807) is 0 Å². The lowest BCUT2D eigenvalue weighted by molar-refractivity contribution is 0.269. The van der Waals surface area contributed by atoms with Crippen LogP contribution in [0.15, 0.2) is 6.26 Å². The monoisotopic (exact) mass is 70.0 g/mol. The van der Waals surface area contributed by atoms with Crippen molar-refractivity contribution in [3.05, 3.63) is 12.8 Å². The fourth-order valence-corrected chi connectivity index (χ4v) is 0.0833. The molecule has 0 saturated carbocycles. The van der Waals surface area contributed by atoms with Gasteiger partial charge in [0.25, 0.3) is 0 Å². The standard InChI is InChI=1S/C4H6O/c1-3-5-4-2/h4H,3H2,1H3. The molecule has 0 aliphatic carbocycles. The average Bonchev–Trinajstić information content (AvgIpc) is 1.41. The number of ether oxygens (including phenoxy) is 1. The Balaban J connectivity index is 2.40. The maximum absolute atomic E-state index is 6.26. The van der Waals surface area contributed by atoms with E-state index in [2.05, 4.69) is 4.74 Å². The van der Waals surface area contributed by atoms with Gasteiger partial charge in [-0.15, -0.1) is 0 Å². The van der Waals surface area contributed by atoms with Crippen LogP contribution in [-0.2, 0) is 4.74 Å². The van der Waals surface area contributed by atoms with E-state index < -0.39 is 0 Å². The van der Waals surface area contributed by atoms with Crippen molar-refractivity contribution in [2.45, 2.75) is 6.92 Å². The lowest BCUT2D eigenvalue weighted by Gasteiger charge is -1.83.